The van der Waals surface area contributed by atoms with Crippen LogP contribution in [0.2, 0.25) is 5.02 Å². The van der Waals surface area contributed by atoms with E-state index >= 15 is 4.39 Å². The van der Waals surface area contributed by atoms with Crippen LogP contribution in [0.3, 0.4) is 0 Å². The molecular formula is C33H47ClFN5O2. The predicted octanol–water partition coefficient (Wildman–Crippen LogP) is 5.02. The summed E-state index contributed by atoms with van der Waals surface area (Å²) in [6, 6.07) is 13.0. The molecule has 2 saturated heterocycles. The molecule has 0 unspecified atom stereocenters. The summed E-state index contributed by atoms with van der Waals surface area (Å²) in [4.78, 5) is 35.1. The summed E-state index contributed by atoms with van der Waals surface area (Å²) in [5.41, 5.74) is 2.42. The van der Waals surface area contributed by atoms with Gasteiger partial charge in [-0.25, -0.2) is 4.39 Å². The molecule has 2 heterocycles. The Bertz CT molecular complexity index is 1230. The van der Waals surface area contributed by atoms with Crippen LogP contribution in [0.1, 0.15) is 57.2 Å². The summed E-state index contributed by atoms with van der Waals surface area (Å²) < 4.78 is 15.5. The Morgan fingerprint density at radius 2 is 1.71 bits per heavy atom. The van der Waals surface area contributed by atoms with Gasteiger partial charge in [0.15, 0.2) is 0 Å². The molecule has 2 aromatic carbocycles. The number of piperazine rings is 1. The Hall–Kier alpha value is -2.68. The monoisotopic (exact) mass is 599 g/mol. The predicted molar refractivity (Wildman–Crippen MR) is 168 cm³/mol. The molecule has 2 fully saturated rings. The Morgan fingerprint density at radius 1 is 1.02 bits per heavy atom. The summed E-state index contributed by atoms with van der Waals surface area (Å²) in [6.45, 7) is 12.7. The molecule has 0 saturated carbocycles. The number of hydrogen-bond donors (Lipinski definition) is 1. The van der Waals surface area contributed by atoms with Crippen molar-refractivity contribution in [3.05, 3.63) is 64.4 Å². The Balaban J connectivity index is 1.49. The molecule has 0 aromatic heterocycles. The van der Waals surface area contributed by atoms with E-state index in [0.29, 0.717) is 55.9 Å². The van der Waals surface area contributed by atoms with Crippen molar-refractivity contribution in [3.8, 4) is 0 Å². The van der Waals surface area contributed by atoms with Gasteiger partial charge in [0.2, 0.25) is 11.8 Å². The summed E-state index contributed by atoms with van der Waals surface area (Å²) in [5.74, 6) is -0.183. The third-order valence-corrected chi connectivity index (χ3v) is 8.94. The van der Waals surface area contributed by atoms with E-state index in [9.17, 15) is 9.59 Å². The van der Waals surface area contributed by atoms with Crippen molar-refractivity contribution in [1.29, 1.82) is 0 Å². The van der Waals surface area contributed by atoms with Gasteiger partial charge in [0, 0.05) is 74.8 Å². The SMILES string of the molecule is CC(C)[C@H](NC(=O)CCN(C)C)c1cccc(F)c1N1CCN(C(=O)[C@@H]2CN(C(C)C)C[C@H]2c2cccc(Cl)c2)CC1. The normalized spacial score (nSPS) is 20.5. The lowest BCUT2D eigenvalue weighted by Gasteiger charge is -2.39. The molecule has 0 spiro atoms. The van der Waals surface area contributed by atoms with Crippen LogP contribution in [-0.2, 0) is 9.59 Å². The fourth-order valence-corrected chi connectivity index (χ4v) is 6.46. The van der Waals surface area contributed by atoms with E-state index in [1.54, 1.807) is 6.07 Å². The van der Waals surface area contributed by atoms with Crippen LogP contribution in [0.5, 0.6) is 0 Å². The van der Waals surface area contributed by atoms with Crippen LogP contribution in [0.4, 0.5) is 10.1 Å². The number of anilines is 1. The number of rotatable bonds is 10. The maximum atomic E-state index is 15.5. The number of benzene rings is 2. The third kappa shape index (κ3) is 7.63. The highest BCUT2D eigenvalue weighted by Crippen LogP contribution is 2.37. The number of amides is 2. The number of carbonyl (C=O) groups is 2. The number of carbonyl (C=O) groups excluding carboxylic acids is 2. The minimum Gasteiger partial charge on any atom is -0.365 e. The first-order valence-electron chi connectivity index (χ1n) is 15.2. The topological polar surface area (TPSA) is 59.1 Å². The second-order valence-electron chi connectivity index (χ2n) is 12.6. The first-order chi connectivity index (χ1) is 20.0. The molecule has 4 rings (SSSR count). The van der Waals surface area contributed by atoms with Crippen molar-refractivity contribution in [2.24, 2.45) is 11.8 Å². The van der Waals surface area contributed by atoms with Crippen LogP contribution >= 0.6 is 11.6 Å². The summed E-state index contributed by atoms with van der Waals surface area (Å²) in [7, 11) is 3.87. The quantitative estimate of drug-likeness (QED) is 0.416. The molecule has 230 valence electrons. The largest absolute Gasteiger partial charge is 0.365 e. The fraction of sp³-hybridized carbons (Fsp3) is 0.576. The Morgan fingerprint density at radius 3 is 2.33 bits per heavy atom. The molecule has 7 nitrogen and oxygen atoms in total. The molecule has 0 bridgehead atoms. The van der Waals surface area contributed by atoms with Gasteiger partial charge in [0.1, 0.15) is 5.82 Å². The summed E-state index contributed by atoms with van der Waals surface area (Å²) >= 11 is 6.33. The van der Waals surface area contributed by atoms with Crippen molar-refractivity contribution < 1.29 is 14.0 Å². The van der Waals surface area contributed by atoms with Gasteiger partial charge < -0.3 is 20.0 Å². The second-order valence-corrected chi connectivity index (χ2v) is 13.1. The van der Waals surface area contributed by atoms with Crippen LogP contribution in [0.15, 0.2) is 42.5 Å². The maximum absolute atomic E-state index is 15.5. The lowest BCUT2D eigenvalue weighted by Crippen LogP contribution is -2.52. The smallest absolute Gasteiger partial charge is 0.227 e. The van der Waals surface area contributed by atoms with Crippen molar-refractivity contribution in [2.45, 2.75) is 52.1 Å². The first-order valence-corrected chi connectivity index (χ1v) is 15.6. The van der Waals surface area contributed by atoms with Crippen LogP contribution in [0, 0.1) is 17.7 Å². The van der Waals surface area contributed by atoms with E-state index in [0.717, 1.165) is 24.2 Å². The molecule has 1 N–H and O–H groups in total. The molecule has 2 aromatic rings. The third-order valence-electron chi connectivity index (χ3n) is 8.70. The molecule has 42 heavy (non-hydrogen) atoms. The van der Waals surface area contributed by atoms with E-state index in [4.69, 9.17) is 11.6 Å². The van der Waals surface area contributed by atoms with Gasteiger partial charge >= 0.3 is 0 Å². The van der Waals surface area contributed by atoms with Crippen LogP contribution in [0.25, 0.3) is 0 Å². The van der Waals surface area contributed by atoms with Crippen LogP contribution < -0.4 is 10.2 Å². The molecule has 3 atom stereocenters. The minimum absolute atomic E-state index is 0.0470. The fourth-order valence-electron chi connectivity index (χ4n) is 6.26. The number of para-hydroxylation sites is 1. The highest BCUT2D eigenvalue weighted by molar-refractivity contribution is 6.30. The average molecular weight is 600 g/mol. The standard InChI is InChI=1S/C33H47ClFN5O2/c1-22(2)31(36-30(41)13-14-37(5)6)26-11-8-12-29(35)32(26)38-15-17-39(18-16-38)33(42)28-21-40(23(3)4)20-27(28)24-9-7-10-25(34)19-24/h7-12,19,22-23,27-28,31H,13-18,20-21H2,1-6H3,(H,36,41)/t27-,28+,31-/m0/s1. The molecule has 0 radical (unpaired) electrons. The number of nitrogens with zero attached hydrogens (tertiary/aromatic N) is 4. The number of nitrogens with one attached hydrogen (secondary N) is 1. The number of likely N-dealkylation sites (tertiary alicyclic amines) is 1. The number of halogens is 2. The van der Waals surface area contributed by atoms with E-state index in [1.165, 1.54) is 6.07 Å². The van der Waals surface area contributed by atoms with Gasteiger partial charge in [0.05, 0.1) is 17.6 Å². The van der Waals surface area contributed by atoms with E-state index in [2.05, 4.69) is 30.1 Å². The van der Waals surface area contributed by atoms with E-state index < -0.39 is 0 Å². The summed E-state index contributed by atoms with van der Waals surface area (Å²) in [6.07, 6.45) is 0.382. The lowest BCUT2D eigenvalue weighted by molar-refractivity contribution is -0.136. The van der Waals surface area contributed by atoms with Gasteiger partial charge in [-0.2, -0.15) is 0 Å². The molecule has 9 heteroatoms. The van der Waals surface area contributed by atoms with E-state index in [1.807, 2.05) is 66.9 Å². The lowest BCUT2D eigenvalue weighted by atomic mass is 9.88. The van der Waals surface area contributed by atoms with Crippen molar-refractivity contribution in [3.63, 3.8) is 0 Å². The summed E-state index contributed by atoms with van der Waals surface area (Å²) in [5, 5.41) is 3.84. The van der Waals surface area contributed by atoms with Gasteiger partial charge in [-0.05, 0) is 57.6 Å². The van der Waals surface area contributed by atoms with Crippen molar-refractivity contribution in [2.75, 3.05) is 64.8 Å². The van der Waals surface area contributed by atoms with Gasteiger partial charge in [-0.15, -0.1) is 0 Å². The first kappa shape index (κ1) is 32.2. The van der Waals surface area contributed by atoms with Crippen molar-refractivity contribution in [1.82, 2.24) is 20.0 Å². The second kappa shape index (κ2) is 14.2. The maximum Gasteiger partial charge on any atom is 0.227 e. The van der Waals surface area contributed by atoms with E-state index in [-0.39, 0.29) is 41.4 Å². The molecule has 2 amide bonds. The van der Waals surface area contributed by atoms with Gasteiger partial charge in [-0.1, -0.05) is 49.7 Å². The molecular weight excluding hydrogens is 553 g/mol. The molecule has 0 aliphatic carbocycles. The van der Waals surface area contributed by atoms with Crippen LogP contribution in [-0.4, -0.2) is 92.5 Å². The zero-order valence-electron chi connectivity index (χ0n) is 25.9. The van der Waals surface area contributed by atoms with Gasteiger partial charge in [-0.3, -0.25) is 14.5 Å². The van der Waals surface area contributed by atoms with Gasteiger partial charge in [0.25, 0.3) is 0 Å². The average Bonchev–Trinajstić information content (AvgIpc) is 3.40. The zero-order chi connectivity index (χ0) is 30.6. The number of hydrogen-bond acceptors (Lipinski definition) is 5. The zero-order valence-corrected chi connectivity index (χ0v) is 26.7. The Labute approximate surface area is 256 Å². The molecule has 2 aliphatic heterocycles. The minimum atomic E-state index is -0.316. The Kier molecular flexibility index (Phi) is 10.9. The highest BCUT2D eigenvalue weighted by Gasteiger charge is 2.42. The molecule has 2 aliphatic rings. The van der Waals surface area contributed by atoms with Crippen molar-refractivity contribution >= 4 is 29.1 Å². The highest BCUT2D eigenvalue weighted by atomic mass is 35.5.